The van der Waals surface area contributed by atoms with Crippen LogP contribution in [0.25, 0.3) is 105 Å². The van der Waals surface area contributed by atoms with Gasteiger partial charge in [0.2, 0.25) is 0 Å². The molecule has 4 heteroatoms. The Morgan fingerprint density at radius 1 is 0.412 bits per heavy atom. The molecule has 3 aromatic heterocycles. The van der Waals surface area contributed by atoms with Crippen LogP contribution in [0.4, 0.5) is 0 Å². The summed E-state index contributed by atoms with van der Waals surface area (Å²) in [7, 11) is 0. The number of rotatable bonds is 4. The molecule has 0 unspecified atom stereocenters. The molecular formula is C47H28N2O2. The lowest BCUT2D eigenvalue weighted by atomic mass is 9.95. The highest BCUT2D eigenvalue weighted by Gasteiger charge is 2.21. The molecule has 3 heterocycles. The van der Waals surface area contributed by atoms with Gasteiger partial charge in [0, 0.05) is 32.8 Å². The number of furan rings is 2. The highest BCUT2D eigenvalue weighted by Crippen LogP contribution is 2.45. The van der Waals surface area contributed by atoms with E-state index < -0.39 is 0 Å². The first-order valence-electron chi connectivity index (χ1n) is 17.2. The lowest BCUT2D eigenvalue weighted by molar-refractivity contribution is 0.658. The van der Waals surface area contributed by atoms with Crippen molar-refractivity contribution in [1.82, 2.24) is 9.55 Å². The number of fused-ring (bicyclic) bond motifs is 8. The first-order valence-corrected chi connectivity index (χ1v) is 17.2. The van der Waals surface area contributed by atoms with Crippen LogP contribution in [0.1, 0.15) is 0 Å². The number of hydrogen-bond acceptors (Lipinski definition) is 3. The Kier molecular flexibility index (Phi) is 5.92. The van der Waals surface area contributed by atoms with E-state index in [1.807, 2.05) is 36.4 Å². The Morgan fingerprint density at radius 3 is 1.75 bits per heavy atom. The van der Waals surface area contributed by atoms with Crippen molar-refractivity contribution < 1.29 is 8.83 Å². The normalized spacial score (nSPS) is 11.9. The molecule has 0 aliphatic carbocycles. The SMILES string of the molecule is c1ccc(-c2nc3ccccc3n2-c2cccc(-c3ccc4cc(-c5c6oc7ccccc7c6cc6c5oc5ccccc56)ccc4c3)c2)cc1. The second kappa shape index (κ2) is 10.8. The number of nitrogens with zero attached hydrogens (tertiary/aromatic N) is 2. The highest BCUT2D eigenvalue weighted by atomic mass is 16.3. The smallest absolute Gasteiger partial charge is 0.147 e. The van der Waals surface area contributed by atoms with E-state index in [9.17, 15) is 0 Å². The van der Waals surface area contributed by atoms with Gasteiger partial charge in [-0.3, -0.25) is 4.57 Å². The molecule has 4 nitrogen and oxygen atoms in total. The fourth-order valence-corrected chi connectivity index (χ4v) is 7.77. The Hall–Kier alpha value is -6.91. The van der Waals surface area contributed by atoms with E-state index in [1.54, 1.807) is 0 Å². The standard InChI is InChI=1S/C47H28N2O2/c1-2-11-29(12-3-1)47-48-40-17-6-7-18-41(40)49(47)35-14-10-13-30(27-35)31-21-22-33-26-34(24-23-32(33)25-31)44-45-38(36-15-4-8-19-42(36)50-45)28-39-37-16-5-9-20-43(37)51-46(39)44/h1-28H. The van der Waals surface area contributed by atoms with Gasteiger partial charge in [0.15, 0.2) is 0 Å². The third kappa shape index (κ3) is 4.30. The van der Waals surface area contributed by atoms with E-state index in [4.69, 9.17) is 13.8 Å². The first-order chi connectivity index (χ1) is 25.3. The minimum Gasteiger partial charge on any atom is -0.455 e. The fourth-order valence-electron chi connectivity index (χ4n) is 7.77. The molecule has 0 saturated heterocycles. The largest absolute Gasteiger partial charge is 0.455 e. The van der Waals surface area contributed by atoms with Gasteiger partial charge in [-0.05, 0) is 82.1 Å². The third-order valence-electron chi connectivity index (χ3n) is 10.2. The zero-order chi connectivity index (χ0) is 33.5. The van der Waals surface area contributed by atoms with Crippen LogP contribution in [-0.2, 0) is 0 Å². The van der Waals surface area contributed by atoms with Gasteiger partial charge in [-0.2, -0.15) is 0 Å². The number of hydrogen-bond donors (Lipinski definition) is 0. The van der Waals surface area contributed by atoms with Gasteiger partial charge >= 0.3 is 0 Å². The first kappa shape index (κ1) is 28.0. The summed E-state index contributed by atoms with van der Waals surface area (Å²) in [6, 6.07) is 59.6. The van der Waals surface area contributed by atoms with Crippen LogP contribution >= 0.6 is 0 Å². The van der Waals surface area contributed by atoms with Gasteiger partial charge in [0.25, 0.3) is 0 Å². The van der Waals surface area contributed by atoms with Crippen LogP contribution < -0.4 is 0 Å². The molecule has 11 aromatic rings. The number of imidazole rings is 1. The number of aromatic nitrogens is 2. The van der Waals surface area contributed by atoms with E-state index >= 15 is 0 Å². The van der Waals surface area contributed by atoms with Gasteiger partial charge in [-0.15, -0.1) is 0 Å². The molecule has 0 bridgehead atoms. The summed E-state index contributed by atoms with van der Waals surface area (Å²) in [6.07, 6.45) is 0. The molecule has 0 spiro atoms. The van der Waals surface area contributed by atoms with Crippen molar-refractivity contribution in [3.63, 3.8) is 0 Å². The van der Waals surface area contributed by atoms with Crippen LogP contribution in [0.2, 0.25) is 0 Å². The second-order valence-electron chi connectivity index (χ2n) is 13.2. The van der Waals surface area contributed by atoms with E-state index in [-0.39, 0.29) is 0 Å². The molecule has 0 radical (unpaired) electrons. The highest BCUT2D eigenvalue weighted by molar-refractivity contribution is 6.22. The maximum Gasteiger partial charge on any atom is 0.147 e. The zero-order valence-electron chi connectivity index (χ0n) is 27.4. The molecule has 11 rings (SSSR count). The molecule has 0 N–H and O–H groups in total. The average Bonchev–Trinajstić information content (AvgIpc) is 3.88. The molecule has 0 saturated carbocycles. The van der Waals surface area contributed by atoms with Gasteiger partial charge in [0.05, 0.1) is 16.6 Å². The average molecular weight is 653 g/mol. The van der Waals surface area contributed by atoms with Crippen molar-refractivity contribution in [3.05, 3.63) is 170 Å². The predicted octanol–water partition coefficient (Wildman–Crippen LogP) is 13.0. The van der Waals surface area contributed by atoms with Crippen molar-refractivity contribution in [2.24, 2.45) is 0 Å². The number of benzene rings is 8. The van der Waals surface area contributed by atoms with E-state index in [1.165, 1.54) is 0 Å². The molecule has 238 valence electrons. The van der Waals surface area contributed by atoms with E-state index in [0.29, 0.717) is 0 Å². The van der Waals surface area contributed by atoms with Crippen LogP contribution in [0.15, 0.2) is 179 Å². The summed E-state index contributed by atoms with van der Waals surface area (Å²) in [6.45, 7) is 0. The van der Waals surface area contributed by atoms with Crippen LogP contribution in [0.3, 0.4) is 0 Å². The molecule has 51 heavy (non-hydrogen) atoms. The minimum atomic E-state index is 0.845. The van der Waals surface area contributed by atoms with Crippen molar-refractivity contribution >= 4 is 65.7 Å². The van der Waals surface area contributed by atoms with Gasteiger partial charge in [-0.1, -0.05) is 115 Å². The van der Waals surface area contributed by atoms with Crippen LogP contribution in [0.5, 0.6) is 0 Å². The Morgan fingerprint density at radius 2 is 1.00 bits per heavy atom. The Bertz CT molecular complexity index is 3060. The molecular weight excluding hydrogens is 625 g/mol. The summed E-state index contributed by atoms with van der Waals surface area (Å²) < 4.78 is 15.4. The van der Waals surface area contributed by atoms with Crippen molar-refractivity contribution in [3.8, 4) is 39.3 Å². The summed E-state index contributed by atoms with van der Waals surface area (Å²) in [4.78, 5) is 5.05. The van der Waals surface area contributed by atoms with Crippen molar-refractivity contribution in [2.75, 3.05) is 0 Å². The molecule has 0 aliphatic heterocycles. The monoisotopic (exact) mass is 652 g/mol. The van der Waals surface area contributed by atoms with Crippen molar-refractivity contribution in [2.45, 2.75) is 0 Å². The van der Waals surface area contributed by atoms with Crippen LogP contribution in [-0.4, -0.2) is 9.55 Å². The summed E-state index contributed by atoms with van der Waals surface area (Å²) >= 11 is 0. The summed E-state index contributed by atoms with van der Waals surface area (Å²) in [5.74, 6) is 0.929. The van der Waals surface area contributed by atoms with Crippen molar-refractivity contribution in [1.29, 1.82) is 0 Å². The van der Waals surface area contributed by atoms with Gasteiger partial charge in [-0.25, -0.2) is 4.98 Å². The summed E-state index contributed by atoms with van der Waals surface area (Å²) in [5.41, 5.74) is 12.0. The molecule has 0 fully saturated rings. The quantitative estimate of drug-likeness (QED) is 0.190. The topological polar surface area (TPSA) is 44.1 Å². The number of para-hydroxylation sites is 4. The van der Waals surface area contributed by atoms with Gasteiger partial charge < -0.3 is 8.83 Å². The Labute approximate surface area is 292 Å². The van der Waals surface area contributed by atoms with Gasteiger partial charge in [0.1, 0.15) is 28.2 Å². The molecule has 0 amide bonds. The van der Waals surface area contributed by atoms with E-state index in [2.05, 4.69) is 138 Å². The fraction of sp³-hybridized carbons (Fsp3) is 0. The maximum atomic E-state index is 6.57. The predicted molar refractivity (Wildman–Crippen MR) is 209 cm³/mol. The Balaban J connectivity index is 1.05. The lowest BCUT2D eigenvalue weighted by Crippen LogP contribution is -1.98. The summed E-state index contributed by atoms with van der Waals surface area (Å²) in [5, 5.41) is 6.71. The molecule has 0 atom stereocenters. The molecule has 0 aliphatic rings. The van der Waals surface area contributed by atoms with Crippen LogP contribution in [0, 0.1) is 0 Å². The second-order valence-corrected chi connectivity index (χ2v) is 13.2. The third-order valence-corrected chi connectivity index (χ3v) is 10.2. The van der Waals surface area contributed by atoms with E-state index in [0.717, 1.165) is 105 Å². The maximum absolute atomic E-state index is 6.57. The molecule has 8 aromatic carbocycles. The lowest BCUT2D eigenvalue weighted by Gasteiger charge is -2.12. The minimum absolute atomic E-state index is 0.845. The zero-order valence-corrected chi connectivity index (χ0v) is 27.4.